The Balaban J connectivity index is 2.15. The lowest BCUT2D eigenvalue weighted by molar-refractivity contribution is -0.384. The Morgan fingerprint density at radius 3 is 2.23 bits per heavy atom. The summed E-state index contributed by atoms with van der Waals surface area (Å²) in [6, 6.07) is 18.9. The van der Waals surface area contributed by atoms with E-state index in [1.54, 1.807) is 18.2 Å². The standard InChI is InChI=1S/C30H35BrN4O7S/c1-30(2,3)32-29(37)26(17-21-10-7-6-8-11-21)33(19-22-12-9-13-23(31)16-22)28(36)20-34(43(5,40)41)25-18-24(35(38)39)14-15-27(25)42-4/h6-16,18,26H,17,19-20H2,1-5H3,(H,32,37)/t26-/m0/s1. The minimum atomic E-state index is -4.16. The molecular formula is C30H35BrN4O7S. The number of benzene rings is 3. The van der Waals surface area contributed by atoms with E-state index >= 15 is 0 Å². The van der Waals surface area contributed by atoms with Crippen LogP contribution in [0.1, 0.15) is 31.9 Å². The minimum absolute atomic E-state index is 0.0169. The van der Waals surface area contributed by atoms with Crippen LogP contribution in [0.4, 0.5) is 11.4 Å². The average Bonchev–Trinajstić information content (AvgIpc) is 2.92. The Hall–Kier alpha value is -3.97. The molecule has 0 aliphatic carbocycles. The molecule has 3 aromatic rings. The number of nitro benzene ring substituents is 1. The van der Waals surface area contributed by atoms with Crippen LogP contribution in [-0.2, 0) is 32.6 Å². The van der Waals surface area contributed by atoms with Crippen LogP contribution in [0.2, 0.25) is 0 Å². The SMILES string of the molecule is COc1ccc([N+](=O)[O-])cc1N(CC(=O)N(Cc1cccc(Br)c1)[C@@H](Cc1ccccc1)C(=O)NC(C)(C)C)S(C)(=O)=O. The van der Waals surface area contributed by atoms with Gasteiger partial charge in [-0.1, -0.05) is 58.4 Å². The van der Waals surface area contributed by atoms with Crippen molar-refractivity contribution in [2.24, 2.45) is 0 Å². The van der Waals surface area contributed by atoms with Crippen LogP contribution in [0.15, 0.2) is 77.3 Å². The molecule has 0 fully saturated rings. The third-order valence-electron chi connectivity index (χ3n) is 6.33. The highest BCUT2D eigenvalue weighted by atomic mass is 79.9. The van der Waals surface area contributed by atoms with Gasteiger partial charge in [-0.2, -0.15) is 0 Å². The summed E-state index contributed by atoms with van der Waals surface area (Å²) >= 11 is 3.44. The zero-order chi connectivity index (χ0) is 31.9. The van der Waals surface area contributed by atoms with Crippen LogP contribution < -0.4 is 14.4 Å². The predicted octanol–water partition coefficient (Wildman–Crippen LogP) is 4.69. The molecule has 0 bridgehead atoms. The highest BCUT2D eigenvalue weighted by Crippen LogP contribution is 2.34. The maximum atomic E-state index is 14.2. The Kier molecular flexibility index (Phi) is 10.9. The van der Waals surface area contributed by atoms with Crippen molar-refractivity contribution in [3.8, 4) is 5.75 Å². The van der Waals surface area contributed by atoms with Crippen molar-refractivity contribution in [2.75, 3.05) is 24.2 Å². The van der Waals surface area contributed by atoms with Crippen LogP contribution >= 0.6 is 15.9 Å². The Bertz CT molecular complexity index is 1580. The predicted molar refractivity (Wildman–Crippen MR) is 168 cm³/mol. The Labute approximate surface area is 260 Å². The lowest BCUT2D eigenvalue weighted by Crippen LogP contribution is -2.56. The number of rotatable bonds is 12. The average molecular weight is 676 g/mol. The van der Waals surface area contributed by atoms with Crippen LogP contribution in [0.25, 0.3) is 0 Å². The molecule has 3 aromatic carbocycles. The number of anilines is 1. The van der Waals surface area contributed by atoms with Crippen molar-refractivity contribution in [1.82, 2.24) is 10.2 Å². The molecule has 0 spiro atoms. The van der Waals surface area contributed by atoms with E-state index in [1.165, 1.54) is 24.1 Å². The van der Waals surface area contributed by atoms with Crippen molar-refractivity contribution in [3.63, 3.8) is 0 Å². The third-order valence-corrected chi connectivity index (χ3v) is 7.95. The molecule has 0 heterocycles. The zero-order valence-electron chi connectivity index (χ0n) is 24.6. The van der Waals surface area contributed by atoms with E-state index in [0.29, 0.717) is 5.56 Å². The second-order valence-corrected chi connectivity index (χ2v) is 13.8. The molecular weight excluding hydrogens is 640 g/mol. The maximum absolute atomic E-state index is 14.2. The van der Waals surface area contributed by atoms with E-state index in [1.807, 2.05) is 57.2 Å². The topological polar surface area (TPSA) is 139 Å². The number of methoxy groups -OCH3 is 1. The fourth-order valence-electron chi connectivity index (χ4n) is 4.42. The number of non-ortho nitro benzene ring substituents is 1. The first kappa shape index (κ1) is 33.5. The molecule has 0 aliphatic heterocycles. The number of nitrogens with zero attached hydrogens (tertiary/aromatic N) is 3. The summed E-state index contributed by atoms with van der Waals surface area (Å²) in [5.41, 5.74) is 0.321. The molecule has 0 aliphatic rings. The number of carbonyl (C=O) groups excluding carboxylic acids is 2. The van der Waals surface area contributed by atoms with Gasteiger partial charge in [-0.05, 0) is 50.1 Å². The number of carbonyl (C=O) groups is 2. The van der Waals surface area contributed by atoms with Crippen LogP contribution in [0.3, 0.4) is 0 Å². The second kappa shape index (κ2) is 14.0. The lowest BCUT2D eigenvalue weighted by Gasteiger charge is -2.35. The van der Waals surface area contributed by atoms with E-state index in [0.717, 1.165) is 26.7 Å². The number of amides is 2. The van der Waals surface area contributed by atoms with Gasteiger partial charge in [0.25, 0.3) is 5.69 Å². The van der Waals surface area contributed by atoms with Crippen LogP contribution in [0, 0.1) is 10.1 Å². The van der Waals surface area contributed by atoms with E-state index in [4.69, 9.17) is 4.74 Å². The fraction of sp³-hybridized carbons (Fsp3) is 0.333. The van der Waals surface area contributed by atoms with Crippen LogP contribution in [0.5, 0.6) is 5.75 Å². The maximum Gasteiger partial charge on any atom is 0.271 e. The molecule has 0 saturated heterocycles. The van der Waals surface area contributed by atoms with Gasteiger partial charge >= 0.3 is 0 Å². The third kappa shape index (κ3) is 9.52. The van der Waals surface area contributed by atoms with Gasteiger partial charge in [-0.25, -0.2) is 8.42 Å². The number of ether oxygens (including phenoxy) is 1. The number of nitrogens with one attached hydrogen (secondary N) is 1. The molecule has 0 saturated carbocycles. The normalized spacial score (nSPS) is 12.2. The Morgan fingerprint density at radius 1 is 1.02 bits per heavy atom. The van der Waals surface area contributed by atoms with Gasteiger partial charge in [-0.15, -0.1) is 0 Å². The van der Waals surface area contributed by atoms with Crippen molar-refractivity contribution in [2.45, 2.75) is 45.3 Å². The molecule has 1 N–H and O–H groups in total. The summed E-state index contributed by atoms with van der Waals surface area (Å²) in [6.45, 7) is 4.72. The first-order valence-corrected chi connectivity index (χ1v) is 15.9. The summed E-state index contributed by atoms with van der Waals surface area (Å²) in [5, 5.41) is 14.5. The van der Waals surface area contributed by atoms with Gasteiger partial charge < -0.3 is 15.0 Å². The molecule has 43 heavy (non-hydrogen) atoms. The molecule has 0 radical (unpaired) electrons. The van der Waals surface area contributed by atoms with Crippen LogP contribution in [-0.4, -0.2) is 61.5 Å². The summed E-state index contributed by atoms with van der Waals surface area (Å²) in [7, 11) is -2.87. The molecule has 2 amide bonds. The quantitative estimate of drug-likeness (QED) is 0.217. The molecule has 3 rings (SSSR count). The van der Waals surface area contributed by atoms with E-state index in [-0.39, 0.29) is 30.1 Å². The first-order chi connectivity index (χ1) is 20.1. The molecule has 0 aromatic heterocycles. The summed E-state index contributed by atoms with van der Waals surface area (Å²) < 4.78 is 33.0. The lowest BCUT2D eigenvalue weighted by atomic mass is 10.0. The fourth-order valence-corrected chi connectivity index (χ4v) is 5.71. The van der Waals surface area contributed by atoms with Gasteiger partial charge in [0, 0.05) is 35.1 Å². The van der Waals surface area contributed by atoms with Crippen molar-refractivity contribution in [1.29, 1.82) is 0 Å². The zero-order valence-corrected chi connectivity index (χ0v) is 27.0. The Morgan fingerprint density at radius 2 is 1.67 bits per heavy atom. The number of hydrogen-bond acceptors (Lipinski definition) is 7. The molecule has 13 heteroatoms. The minimum Gasteiger partial charge on any atom is -0.495 e. The first-order valence-electron chi connectivity index (χ1n) is 13.3. The number of sulfonamides is 1. The molecule has 230 valence electrons. The molecule has 0 unspecified atom stereocenters. The van der Waals surface area contributed by atoms with Crippen molar-refractivity contribution >= 4 is 49.1 Å². The van der Waals surface area contributed by atoms with E-state index in [9.17, 15) is 28.1 Å². The van der Waals surface area contributed by atoms with Gasteiger partial charge in [0.2, 0.25) is 21.8 Å². The summed E-state index contributed by atoms with van der Waals surface area (Å²) in [5.74, 6) is -1.09. The van der Waals surface area contributed by atoms with Gasteiger partial charge in [0.15, 0.2) is 0 Å². The highest BCUT2D eigenvalue weighted by molar-refractivity contribution is 9.10. The second-order valence-electron chi connectivity index (χ2n) is 11.0. The summed E-state index contributed by atoms with van der Waals surface area (Å²) in [4.78, 5) is 40.2. The van der Waals surface area contributed by atoms with E-state index in [2.05, 4.69) is 21.2 Å². The summed E-state index contributed by atoms with van der Waals surface area (Å²) in [6.07, 6.45) is 1.05. The monoisotopic (exact) mass is 674 g/mol. The molecule has 11 nitrogen and oxygen atoms in total. The number of halogens is 1. The van der Waals surface area contributed by atoms with Gasteiger partial charge in [0.1, 0.15) is 24.0 Å². The highest BCUT2D eigenvalue weighted by Gasteiger charge is 2.35. The van der Waals surface area contributed by atoms with Gasteiger partial charge in [0.05, 0.1) is 18.3 Å². The van der Waals surface area contributed by atoms with Gasteiger partial charge in [-0.3, -0.25) is 24.0 Å². The van der Waals surface area contributed by atoms with E-state index < -0.39 is 44.9 Å². The molecule has 1 atom stereocenters. The smallest absolute Gasteiger partial charge is 0.271 e. The number of hydrogen-bond donors (Lipinski definition) is 1. The number of nitro groups is 1. The largest absolute Gasteiger partial charge is 0.495 e. The van der Waals surface area contributed by atoms with Crippen molar-refractivity contribution in [3.05, 3.63) is 98.5 Å². The van der Waals surface area contributed by atoms with Crippen molar-refractivity contribution < 1.29 is 27.7 Å².